The average Bonchev–Trinajstić information content (AvgIpc) is 2.92. The molecule has 2 amide bonds. The van der Waals surface area contributed by atoms with Gasteiger partial charge in [-0.1, -0.05) is 20.3 Å². The number of pyridine rings is 1. The van der Waals surface area contributed by atoms with E-state index in [1.54, 1.807) is 13.0 Å². The normalized spacial score (nSPS) is 14.9. The zero-order valence-electron chi connectivity index (χ0n) is 14.3. The maximum atomic E-state index is 12.0. The van der Waals surface area contributed by atoms with Gasteiger partial charge in [0.1, 0.15) is 0 Å². The number of aromatic nitrogens is 3. The minimum Gasteiger partial charge on any atom is -0.388 e. The van der Waals surface area contributed by atoms with Crippen molar-refractivity contribution in [3.63, 3.8) is 0 Å². The van der Waals surface area contributed by atoms with Crippen LogP contribution in [0.15, 0.2) is 12.3 Å². The Labute approximate surface area is 140 Å². The first-order chi connectivity index (χ1) is 11.2. The minimum atomic E-state index is -1.07. The number of amides is 2. The van der Waals surface area contributed by atoms with Crippen molar-refractivity contribution in [1.82, 2.24) is 20.5 Å². The molecule has 2 aromatic heterocycles. The Morgan fingerprint density at radius 2 is 2.12 bits per heavy atom. The molecular formula is C16H23N5O3. The van der Waals surface area contributed by atoms with Crippen molar-refractivity contribution in [2.75, 3.05) is 11.9 Å². The standard InChI is InChI=1S/C16H23N5O3/c1-5-9(2)16(4,24)8-18-14(22)15(23)19-11-6-12-10(3)20-21-13(12)17-7-11/h6-7,9,24H,5,8H2,1-4H3,(H,18,22)(H,19,23)(H,17,20,21)/t9-,16-/m1/s1. The van der Waals surface area contributed by atoms with Crippen molar-refractivity contribution in [2.24, 2.45) is 5.92 Å². The van der Waals surface area contributed by atoms with Gasteiger partial charge in [-0.3, -0.25) is 14.7 Å². The number of H-pyrrole nitrogens is 1. The first kappa shape index (κ1) is 17.9. The number of nitrogens with zero attached hydrogens (tertiary/aromatic N) is 2. The molecule has 0 saturated carbocycles. The highest BCUT2D eigenvalue weighted by Crippen LogP contribution is 2.19. The molecule has 2 atom stereocenters. The third kappa shape index (κ3) is 3.88. The molecule has 2 aromatic rings. The van der Waals surface area contributed by atoms with Crippen LogP contribution in [-0.2, 0) is 9.59 Å². The number of nitrogens with one attached hydrogen (secondary N) is 3. The molecule has 2 heterocycles. The smallest absolute Gasteiger partial charge is 0.313 e. The van der Waals surface area contributed by atoms with Crippen LogP contribution >= 0.6 is 0 Å². The molecule has 0 aliphatic heterocycles. The predicted molar refractivity (Wildman–Crippen MR) is 90.3 cm³/mol. The van der Waals surface area contributed by atoms with E-state index in [1.807, 2.05) is 20.8 Å². The van der Waals surface area contributed by atoms with Gasteiger partial charge in [0.25, 0.3) is 0 Å². The van der Waals surface area contributed by atoms with E-state index in [4.69, 9.17) is 0 Å². The quantitative estimate of drug-likeness (QED) is 0.611. The summed E-state index contributed by atoms with van der Waals surface area (Å²) in [4.78, 5) is 28.0. The average molecular weight is 333 g/mol. The summed E-state index contributed by atoms with van der Waals surface area (Å²) >= 11 is 0. The van der Waals surface area contributed by atoms with Crippen LogP contribution in [0.4, 0.5) is 5.69 Å². The lowest BCUT2D eigenvalue weighted by molar-refractivity contribution is -0.137. The number of fused-ring (bicyclic) bond motifs is 1. The van der Waals surface area contributed by atoms with Gasteiger partial charge in [0, 0.05) is 17.6 Å². The summed E-state index contributed by atoms with van der Waals surface area (Å²) in [6, 6.07) is 1.70. The largest absolute Gasteiger partial charge is 0.388 e. The summed E-state index contributed by atoms with van der Waals surface area (Å²) in [6.07, 6.45) is 2.20. The number of carbonyl (C=O) groups excluding carboxylic acids is 2. The number of aryl methyl sites for hydroxylation is 1. The monoisotopic (exact) mass is 333 g/mol. The van der Waals surface area contributed by atoms with Crippen molar-refractivity contribution in [3.8, 4) is 0 Å². The Morgan fingerprint density at radius 3 is 2.79 bits per heavy atom. The molecule has 0 aliphatic carbocycles. The molecule has 0 fully saturated rings. The number of rotatable bonds is 5. The Balaban J connectivity index is 1.98. The number of anilines is 1. The summed E-state index contributed by atoms with van der Waals surface area (Å²) in [5.74, 6) is -1.61. The topological polar surface area (TPSA) is 120 Å². The van der Waals surface area contributed by atoms with Gasteiger partial charge in [0.05, 0.1) is 17.5 Å². The SMILES string of the molecule is CC[C@@H](C)[C@](C)(O)CNC(=O)C(=O)Nc1cnc2n[nH]c(C)c2c1. The number of carbonyl (C=O) groups is 2. The molecule has 24 heavy (non-hydrogen) atoms. The van der Waals surface area contributed by atoms with Gasteiger partial charge in [0.2, 0.25) is 0 Å². The second-order valence-electron chi connectivity index (χ2n) is 6.25. The van der Waals surface area contributed by atoms with Crippen LogP contribution < -0.4 is 10.6 Å². The third-order valence-electron chi connectivity index (χ3n) is 4.35. The van der Waals surface area contributed by atoms with E-state index < -0.39 is 17.4 Å². The van der Waals surface area contributed by atoms with E-state index in [1.165, 1.54) is 6.20 Å². The second kappa shape index (κ2) is 6.96. The zero-order valence-corrected chi connectivity index (χ0v) is 14.3. The molecule has 8 nitrogen and oxygen atoms in total. The van der Waals surface area contributed by atoms with Crippen LogP contribution in [0.25, 0.3) is 11.0 Å². The Hall–Kier alpha value is -2.48. The summed E-state index contributed by atoms with van der Waals surface area (Å²) in [7, 11) is 0. The summed E-state index contributed by atoms with van der Waals surface area (Å²) in [5.41, 5.74) is 0.696. The molecule has 0 aliphatic rings. The summed E-state index contributed by atoms with van der Waals surface area (Å²) in [5, 5.41) is 22.8. The molecule has 8 heteroatoms. The van der Waals surface area contributed by atoms with Gasteiger partial charge in [-0.05, 0) is 25.8 Å². The van der Waals surface area contributed by atoms with Crippen molar-refractivity contribution in [1.29, 1.82) is 0 Å². The van der Waals surface area contributed by atoms with Crippen molar-refractivity contribution < 1.29 is 14.7 Å². The van der Waals surface area contributed by atoms with Crippen molar-refractivity contribution in [2.45, 2.75) is 39.7 Å². The molecule has 0 saturated heterocycles. The molecular weight excluding hydrogens is 310 g/mol. The summed E-state index contributed by atoms with van der Waals surface area (Å²) in [6.45, 7) is 7.33. The Morgan fingerprint density at radius 1 is 1.42 bits per heavy atom. The number of hydrogen-bond acceptors (Lipinski definition) is 5. The van der Waals surface area contributed by atoms with E-state index in [9.17, 15) is 14.7 Å². The minimum absolute atomic E-state index is 0.00321. The fraction of sp³-hybridized carbons (Fsp3) is 0.500. The molecule has 2 rings (SSSR count). The highest BCUT2D eigenvalue weighted by atomic mass is 16.3. The second-order valence-corrected chi connectivity index (χ2v) is 6.25. The van der Waals surface area contributed by atoms with Crippen LogP contribution in [0, 0.1) is 12.8 Å². The highest BCUT2D eigenvalue weighted by molar-refractivity contribution is 6.39. The van der Waals surface area contributed by atoms with E-state index in [2.05, 4.69) is 25.8 Å². The fourth-order valence-electron chi connectivity index (χ4n) is 2.23. The molecule has 130 valence electrons. The molecule has 0 spiro atoms. The molecule has 0 aromatic carbocycles. The number of aromatic amines is 1. The van der Waals surface area contributed by atoms with E-state index in [0.717, 1.165) is 17.5 Å². The van der Waals surface area contributed by atoms with Crippen LogP contribution in [0.1, 0.15) is 32.9 Å². The van der Waals surface area contributed by atoms with E-state index in [0.29, 0.717) is 11.3 Å². The van der Waals surface area contributed by atoms with E-state index in [-0.39, 0.29) is 12.5 Å². The van der Waals surface area contributed by atoms with Crippen LogP contribution in [0.5, 0.6) is 0 Å². The fourth-order valence-corrected chi connectivity index (χ4v) is 2.23. The Bertz CT molecular complexity index is 753. The highest BCUT2D eigenvalue weighted by Gasteiger charge is 2.28. The van der Waals surface area contributed by atoms with Gasteiger partial charge >= 0.3 is 11.8 Å². The van der Waals surface area contributed by atoms with Crippen molar-refractivity contribution in [3.05, 3.63) is 18.0 Å². The zero-order chi connectivity index (χ0) is 17.9. The lowest BCUT2D eigenvalue weighted by atomic mass is 9.89. The lowest BCUT2D eigenvalue weighted by Gasteiger charge is -2.29. The molecule has 0 bridgehead atoms. The van der Waals surface area contributed by atoms with Gasteiger partial charge in [0.15, 0.2) is 5.65 Å². The molecule has 4 N–H and O–H groups in total. The van der Waals surface area contributed by atoms with Crippen LogP contribution in [-0.4, -0.2) is 44.2 Å². The maximum absolute atomic E-state index is 12.0. The number of hydrogen-bond donors (Lipinski definition) is 4. The van der Waals surface area contributed by atoms with Crippen molar-refractivity contribution >= 4 is 28.5 Å². The Kier molecular flexibility index (Phi) is 5.18. The maximum Gasteiger partial charge on any atom is 0.313 e. The van der Waals surface area contributed by atoms with Gasteiger partial charge < -0.3 is 15.7 Å². The first-order valence-corrected chi connectivity index (χ1v) is 7.87. The summed E-state index contributed by atoms with van der Waals surface area (Å²) < 4.78 is 0. The van der Waals surface area contributed by atoms with E-state index >= 15 is 0 Å². The third-order valence-corrected chi connectivity index (χ3v) is 4.35. The van der Waals surface area contributed by atoms with Crippen LogP contribution in [0.3, 0.4) is 0 Å². The first-order valence-electron chi connectivity index (χ1n) is 7.87. The number of aliphatic hydroxyl groups is 1. The van der Waals surface area contributed by atoms with Gasteiger partial charge in [-0.15, -0.1) is 0 Å². The molecule has 0 radical (unpaired) electrons. The van der Waals surface area contributed by atoms with Crippen LogP contribution in [0.2, 0.25) is 0 Å². The van der Waals surface area contributed by atoms with Gasteiger partial charge in [-0.2, -0.15) is 5.10 Å². The lowest BCUT2D eigenvalue weighted by Crippen LogP contribution is -2.47. The molecule has 0 unspecified atom stereocenters. The van der Waals surface area contributed by atoms with Gasteiger partial charge in [-0.25, -0.2) is 4.98 Å². The predicted octanol–water partition coefficient (Wildman–Crippen LogP) is 1.12.